The van der Waals surface area contributed by atoms with Gasteiger partial charge in [0.1, 0.15) is 11.0 Å². The first kappa shape index (κ1) is 16.6. The molecule has 0 radical (unpaired) electrons. The van der Waals surface area contributed by atoms with Gasteiger partial charge >= 0.3 is 0 Å². The van der Waals surface area contributed by atoms with E-state index in [1.807, 2.05) is 0 Å². The number of hydrogen-bond donors (Lipinski definition) is 3. The molecule has 0 amide bonds. The van der Waals surface area contributed by atoms with E-state index in [9.17, 15) is 4.39 Å². The molecular formula is C16H15ClFN5. The Morgan fingerprint density at radius 1 is 1.39 bits per heavy atom. The predicted molar refractivity (Wildman–Crippen MR) is 93.2 cm³/mol. The van der Waals surface area contributed by atoms with Crippen LogP contribution in [0.3, 0.4) is 0 Å². The Morgan fingerprint density at radius 2 is 2.13 bits per heavy atom. The second-order valence-corrected chi connectivity index (χ2v) is 4.86. The van der Waals surface area contributed by atoms with Gasteiger partial charge in [-0.3, -0.25) is 9.98 Å². The fraction of sp³-hybridized carbons (Fsp3) is 0.0625. The molecule has 118 valence electrons. The average Bonchev–Trinajstić information content (AvgIpc) is 2.57. The second kappa shape index (κ2) is 7.51. The zero-order valence-electron chi connectivity index (χ0n) is 12.3. The van der Waals surface area contributed by atoms with Gasteiger partial charge in [-0.15, -0.1) is 0 Å². The molecule has 23 heavy (non-hydrogen) atoms. The van der Waals surface area contributed by atoms with Crippen LogP contribution in [0.1, 0.15) is 11.3 Å². The summed E-state index contributed by atoms with van der Waals surface area (Å²) >= 11 is 6.01. The Bertz CT molecular complexity index is 786. The Balaban J connectivity index is 2.48. The number of nitrogens with zero attached hydrogens (tertiary/aromatic N) is 2. The quantitative estimate of drug-likeness (QED) is 0.732. The Labute approximate surface area is 138 Å². The molecule has 0 bridgehead atoms. The molecule has 0 atom stereocenters. The zero-order chi connectivity index (χ0) is 16.8. The smallest absolute Gasteiger partial charge is 0.146 e. The third-order valence-electron chi connectivity index (χ3n) is 3.09. The number of para-hydroxylation sites is 1. The highest BCUT2D eigenvalue weighted by Crippen LogP contribution is 2.25. The number of aliphatic imine (C=N–C) groups is 1. The van der Waals surface area contributed by atoms with Gasteiger partial charge in [-0.1, -0.05) is 23.7 Å². The molecule has 0 fully saturated rings. The van der Waals surface area contributed by atoms with Crippen molar-refractivity contribution in [1.82, 2.24) is 4.98 Å². The molecule has 0 saturated heterocycles. The molecular weight excluding hydrogens is 317 g/mol. The predicted octanol–water partition coefficient (Wildman–Crippen LogP) is 3.53. The van der Waals surface area contributed by atoms with Crippen LogP contribution in [0.5, 0.6) is 0 Å². The van der Waals surface area contributed by atoms with E-state index >= 15 is 0 Å². The number of aromatic nitrogens is 1. The normalized spacial score (nSPS) is 12.1. The van der Waals surface area contributed by atoms with E-state index < -0.39 is 5.82 Å². The van der Waals surface area contributed by atoms with Gasteiger partial charge in [-0.25, -0.2) is 4.39 Å². The molecule has 0 aliphatic rings. The van der Waals surface area contributed by atoms with Gasteiger partial charge in [-0.05, 0) is 18.2 Å². The summed E-state index contributed by atoms with van der Waals surface area (Å²) in [6.45, 7) is 0. The number of nitrogens with two attached hydrogens (primary N) is 1. The Hall–Kier alpha value is -2.73. The molecule has 1 aromatic carbocycles. The first-order chi connectivity index (χ1) is 11.1. The van der Waals surface area contributed by atoms with E-state index in [1.165, 1.54) is 25.5 Å². The van der Waals surface area contributed by atoms with Crippen LogP contribution in [-0.2, 0) is 0 Å². The van der Waals surface area contributed by atoms with E-state index in [0.29, 0.717) is 28.2 Å². The van der Waals surface area contributed by atoms with Gasteiger partial charge in [0.25, 0.3) is 0 Å². The monoisotopic (exact) mass is 331 g/mol. The van der Waals surface area contributed by atoms with Crippen molar-refractivity contribution in [3.05, 3.63) is 59.8 Å². The lowest BCUT2D eigenvalue weighted by Gasteiger charge is -2.12. The van der Waals surface area contributed by atoms with Crippen molar-refractivity contribution in [3.63, 3.8) is 0 Å². The summed E-state index contributed by atoms with van der Waals surface area (Å²) < 4.78 is 13.8. The molecule has 0 aliphatic carbocycles. The minimum Gasteiger partial charge on any atom is -0.404 e. The van der Waals surface area contributed by atoms with Crippen molar-refractivity contribution in [1.29, 1.82) is 5.41 Å². The van der Waals surface area contributed by atoms with Crippen molar-refractivity contribution in [2.75, 3.05) is 12.4 Å². The van der Waals surface area contributed by atoms with Gasteiger partial charge < -0.3 is 16.5 Å². The van der Waals surface area contributed by atoms with Gasteiger partial charge in [0.15, 0.2) is 0 Å². The fourth-order valence-electron chi connectivity index (χ4n) is 1.92. The first-order valence-corrected chi connectivity index (χ1v) is 7.05. The second-order valence-electron chi connectivity index (χ2n) is 4.50. The summed E-state index contributed by atoms with van der Waals surface area (Å²) in [6.07, 6.45) is 3.91. The highest BCUT2D eigenvalue weighted by Gasteiger charge is 2.12. The molecule has 5 nitrogen and oxygen atoms in total. The third kappa shape index (κ3) is 3.73. The number of halogens is 2. The minimum absolute atomic E-state index is 0.208. The van der Waals surface area contributed by atoms with Crippen LogP contribution >= 0.6 is 11.6 Å². The lowest BCUT2D eigenvalue weighted by molar-refractivity contribution is 0.632. The Morgan fingerprint density at radius 3 is 2.74 bits per heavy atom. The van der Waals surface area contributed by atoms with Gasteiger partial charge in [-0.2, -0.15) is 0 Å². The van der Waals surface area contributed by atoms with Crippen molar-refractivity contribution >= 4 is 39.9 Å². The standard InChI is InChI=1S/C16H15ClFN5/c1-21-16(17)11(8-20)15-6-14(10(7-19)9-22-15)23-13-5-3-2-4-12(13)18/h2-9,19H,20H2,1H3,(H,22,23)/b11-8-,19-7?,21-16?. The summed E-state index contributed by atoms with van der Waals surface area (Å²) in [5, 5.41) is 10.6. The van der Waals surface area contributed by atoms with E-state index in [4.69, 9.17) is 22.7 Å². The van der Waals surface area contributed by atoms with Crippen LogP contribution in [0.15, 0.2) is 47.7 Å². The maximum absolute atomic E-state index is 13.8. The van der Waals surface area contributed by atoms with Crippen molar-refractivity contribution in [3.8, 4) is 0 Å². The summed E-state index contributed by atoms with van der Waals surface area (Å²) in [6, 6.07) is 7.90. The molecule has 2 aromatic rings. The fourth-order valence-corrected chi connectivity index (χ4v) is 2.08. The van der Waals surface area contributed by atoms with E-state index in [2.05, 4.69) is 15.3 Å². The molecule has 7 heteroatoms. The van der Waals surface area contributed by atoms with Crippen LogP contribution < -0.4 is 11.1 Å². The van der Waals surface area contributed by atoms with Crippen LogP contribution in [0.2, 0.25) is 0 Å². The lowest BCUT2D eigenvalue weighted by Crippen LogP contribution is -2.04. The number of nitrogens with one attached hydrogen (secondary N) is 2. The lowest BCUT2D eigenvalue weighted by atomic mass is 10.1. The molecule has 1 aromatic heterocycles. The molecule has 2 rings (SSSR count). The van der Waals surface area contributed by atoms with Gasteiger partial charge in [0.2, 0.25) is 0 Å². The molecule has 1 heterocycles. The summed E-state index contributed by atoms with van der Waals surface area (Å²) in [5.41, 5.74) is 7.80. The zero-order valence-corrected chi connectivity index (χ0v) is 13.1. The van der Waals surface area contributed by atoms with E-state index in [-0.39, 0.29) is 5.17 Å². The highest BCUT2D eigenvalue weighted by atomic mass is 35.5. The maximum atomic E-state index is 13.8. The topological polar surface area (TPSA) is 87.1 Å². The SMILES string of the molecule is CN=C(Cl)/C(=C\N)c1cc(Nc2ccccc2F)c(C=N)cn1. The van der Waals surface area contributed by atoms with Gasteiger partial charge in [0.05, 0.1) is 22.6 Å². The van der Waals surface area contributed by atoms with E-state index in [1.54, 1.807) is 24.3 Å². The number of allylic oxidation sites excluding steroid dienone is 1. The van der Waals surface area contributed by atoms with Crippen LogP contribution in [0.25, 0.3) is 5.57 Å². The molecule has 0 unspecified atom stereocenters. The average molecular weight is 332 g/mol. The number of anilines is 2. The van der Waals surface area contributed by atoms with E-state index in [0.717, 1.165) is 6.21 Å². The highest BCUT2D eigenvalue weighted by molar-refractivity contribution is 6.76. The molecule has 0 aliphatic heterocycles. The summed E-state index contributed by atoms with van der Waals surface area (Å²) in [7, 11) is 1.54. The van der Waals surface area contributed by atoms with Crippen LogP contribution in [0.4, 0.5) is 15.8 Å². The molecule has 0 saturated carbocycles. The number of rotatable bonds is 5. The Kier molecular flexibility index (Phi) is 5.43. The summed E-state index contributed by atoms with van der Waals surface area (Å²) in [5.74, 6) is -0.399. The number of pyridine rings is 1. The largest absolute Gasteiger partial charge is 0.404 e. The third-order valence-corrected chi connectivity index (χ3v) is 3.47. The van der Waals surface area contributed by atoms with Crippen molar-refractivity contribution in [2.24, 2.45) is 10.7 Å². The number of benzene rings is 1. The molecule has 0 spiro atoms. The number of hydrogen-bond acceptors (Lipinski definition) is 5. The first-order valence-electron chi connectivity index (χ1n) is 6.67. The van der Waals surface area contributed by atoms with Crippen LogP contribution in [-0.4, -0.2) is 23.4 Å². The summed E-state index contributed by atoms with van der Waals surface area (Å²) in [4.78, 5) is 8.09. The molecule has 4 N–H and O–H groups in total. The maximum Gasteiger partial charge on any atom is 0.146 e. The minimum atomic E-state index is -0.399. The van der Waals surface area contributed by atoms with Crippen molar-refractivity contribution < 1.29 is 4.39 Å². The van der Waals surface area contributed by atoms with Gasteiger partial charge in [0, 0.05) is 31.2 Å². The van der Waals surface area contributed by atoms with Crippen molar-refractivity contribution in [2.45, 2.75) is 0 Å². The van der Waals surface area contributed by atoms with Crippen LogP contribution in [0, 0.1) is 11.2 Å².